The van der Waals surface area contributed by atoms with E-state index in [4.69, 9.17) is 21.1 Å². The van der Waals surface area contributed by atoms with Crippen LogP contribution in [0.1, 0.15) is 26.3 Å². The van der Waals surface area contributed by atoms with Crippen molar-refractivity contribution < 1.29 is 14.3 Å². The molecule has 5 nitrogen and oxygen atoms in total. The number of benzene rings is 1. The number of rotatable bonds is 3. The van der Waals surface area contributed by atoms with Crippen LogP contribution in [0.3, 0.4) is 0 Å². The smallest absolute Gasteiger partial charge is 0.412 e. The minimum absolute atomic E-state index is 0.326. The zero-order valence-electron chi connectivity index (χ0n) is 13.8. The van der Waals surface area contributed by atoms with Crippen LogP contribution in [0.25, 0.3) is 0 Å². The molecule has 0 fully saturated rings. The number of nitrogens with one attached hydrogen (secondary N) is 1. The number of amides is 1. The van der Waals surface area contributed by atoms with Gasteiger partial charge in [-0.3, -0.25) is 5.32 Å². The fourth-order valence-corrected chi connectivity index (χ4v) is 2.24. The predicted octanol–water partition coefficient (Wildman–Crippen LogP) is 5.95. The third-order valence-electron chi connectivity index (χ3n) is 2.84. The highest BCUT2D eigenvalue weighted by molar-refractivity contribution is 9.10. The molecule has 0 saturated heterocycles. The van der Waals surface area contributed by atoms with E-state index in [1.165, 1.54) is 0 Å². The Kier molecular flexibility index (Phi) is 5.72. The number of pyridine rings is 1. The first-order valence-corrected chi connectivity index (χ1v) is 8.42. The number of hydrogen-bond donors (Lipinski definition) is 1. The topological polar surface area (TPSA) is 60.5 Å². The standard InChI is InChI=1S/C17H18BrClN2O3/c1-10-5-6-11(23-15-12(18)7-8-14(19)21-15)9-13(10)20-16(22)24-17(2,3)4/h5-9H,1-4H3,(H,20,22). The van der Waals surface area contributed by atoms with Gasteiger partial charge in [-0.2, -0.15) is 0 Å². The Labute approximate surface area is 154 Å². The van der Waals surface area contributed by atoms with E-state index in [-0.39, 0.29) is 0 Å². The molecule has 1 heterocycles. The van der Waals surface area contributed by atoms with Crippen molar-refractivity contribution in [2.45, 2.75) is 33.3 Å². The molecule has 1 N–H and O–H groups in total. The first kappa shape index (κ1) is 18.5. The SMILES string of the molecule is Cc1ccc(Oc2nc(Cl)ccc2Br)cc1NC(=O)OC(C)(C)C. The summed E-state index contributed by atoms with van der Waals surface area (Å²) in [7, 11) is 0. The maximum atomic E-state index is 11.9. The van der Waals surface area contributed by atoms with Gasteiger partial charge in [0.1, 0.15) is 16.5 Å². The van der Waals surface area contributed by atoms with Gasteiger partial charge in [-0.25, -0.2) is 9.78 Å². The Hall–Kier alpha value is -1.79. The van der Waals surface area contributed by atoms with Gasteiger partial charge in [0.2, 0.25) is 5.88 Å². The number of carbonyl (C=O) groups is 1. The van der Waals surface area contributed by atoms with Gasteiger partial charge in [0.05, 0.1) is 10.2 Å². The molecule has 0 radical (unpaired) electrons. The summed E-state index contributed by atoms with van der Waals surface area (Å²) in [6.45, 7) is 7.30. The molecule has 0 atom stereocenters. The highest BCUT2D eigenvalue weighted by atomic mass is 79.9. The molecular formula is C17H18BrClN2O3. The molecule has 2 aromatic rings. The van der Waals surface area contributed by atoms with E-state index in [0.717, 1.165) is 5.56 Å². The first-order valence-electron chi connectivity index (χ1n) is 7.24. The number of ether oxygens (including phenoxy) is 2. The van der Waals surface area contributed by atoms with Crippen molar-refractivity contribution in [2.75, 3.05) is 5.32 Å². The fourth-order valence-electron chi connectivity index (χ4n) is 1.80. The molecule has 2 rings (SSSR count). The van der Waals surface area contributed by atoms with Crippen LogP contribution >= 0.6 is 27.5 Å². The summed E-state index contributed by atoms with van der Waals surface area (Å²) in [5.41, 5.74) is 0.910. The van der Waals surface area contributed by atoms with Gasteiger partial charge in [-0.05, 0) is 67.4 Å². The lowest BCUT2D eigenvalue weighted by Gasteiger charge is -2.20. The van der Waals surface area contributed by atoms with Crippen molar-refractivity contribution >= 4 is 39.3 Å². The van der Waals surface area contributed by atoms with E-state index in [2.05, 4.69) is 26.2 Å². The Balaban J connectivity index is 2.19. The van der Waals surface area contributed by atoms with Gasteiger partial charge in [-0.1, -0.05) is 17.7 Å². The minimum Gasteiger partial charge on any atom is -0.444 e. The predicted molar refractivity (Wildman–Crippen MR) is 98.1 cm³/mol. The van der Waals surface area contributed by atoms with E-state index in [0.29, 0.717) is 26.9 Å². The van der Waals surface area contributed by atoms with Crippen LogP contribution in [0.5, 0.6) is 11.6 Å². The summed E-state index contributed by atoms with van der Waals surface area (Å²) >= 11 is 9.24. The van der Waals surface area contributed by atoms with Gasteiger partial charge >= 0.3 is 6.09 Å². The summed E-state index contributed by atoms with van der Waals surface area (Å²) in [6, 6.07) is 8.72. The summed E-state index contributed by atoms with van der Waals surface area (Å²) in [5, 5.41) is 3.05. The number of halogens is 2. The molecule has 0 bridgehead atoms. The van der Waals surface area contributed by atoms with Gasteiger partial charge in [0, 0.05) is 6.07 Å². The second-order valence-corrected chi connectivity index (χ2v) is 7.37. The number of hydrogen-bond acceptors (Lipinski definition) is 4. The van der Waals surface area contributed by atoms with Crippen LogP contribution in [0.15, 0.2) is 34.8 Å². The summed E-state index contributed by atoms with van der Waals surface area (Å²) < 4.78 is 11.7. The number of aryl methyl sites for hydroxylation is 1. The van der Waals surface area contributed by atoms with Crippen molar-refractivity contribution in [3.63, 3.8) is 0 Å². The van der Waals surface area contributed by atoms with Crippen LogP contribution < -0.4 is 10.1 Å². The molecule has 128 valence electrons. The zero-order chi connectivity index (χ0) is 17.9. The largest absolute Gasteiger partial charge is 0.444 e. The maximum absolute atomic E-state index is 11.9. The summed E-state index contributed by atoms with van der Waals surface area (Å²) in [6.07, 6.45) is -0.523. The molecule has 0 unspecified atom stereocenters. The molecule has 0 aliphatic rings. The molecule has 0 aliphatic heterocycles. The number of carbonyl (C=O) groups excluding carboxylic acids is 1. The Morgan fingerprint density at radius 2 is 1.96 bits per heavy atom. The highest BCUT2D eigenvalue weighted by Gasteiger charge is 2.17. The molecule has 0 aliphatic carbocycles. The molecule has 0 saturated carbocycles. The molecule has 1 amide bonds. The molecule has 7 heteroatoms. The van der Waals surface area contributed by atoms with Gasteiger partial charge in [-0.15, -0.1) is 0 Å². The summed E-state index contributed by atoms with van der Waals surface area (Å²) in [5.74, 6) is 0.858. The van der Waals surface area contributed by atoms with Gasteiger partial charge < -0.3 is 9.47 Å². The monoisotopic (exact) mass is 412 g/mol. The quantitative estimate of drug-likeness (QED) is 0.632. The van der Waals surface area contributed by atoms with Crippen molar-refractivity contribution in [1.29, 1.82) is 0 Å². The highest BCUT2D eigenvalue weighted by Crippen LogP contribution is 2.31. The van der Waals surface area contributed by atoms with Crippen LogP contribution in [0, 0.1) is 6.92 Å². The van der Waals surface area contributed by atoms with Crippen molar-refractivity contribution in [3.05, 3.63) is 45.5 Å². The summed E-state index contributed by atoms with van der Waals surface area (Å²) in [4.78, 5) is 16.1. The average Bonchev–Trinajstić information content (AvgIpc) is 2.44. The molecule has 0 spiro atoms. The molecular weight excluding hydrogens is 396 g/mol. The second-order valence-electron chi connectivity index (χ2n) is 6.13. The van der Waals surface area contributed by atoms with Crippen LogP contribution in [-0.2, 0) is 4.74 Å². The van der Waals surface area contributed by atoms with E-state index in [9.17, 15) is 4.79 Å². The number of anilines is 1. The van der Waals surface area contributed by atoms with E-state index in [1.54, 1.807) is 45.0 Å². The number of nitrogens with zero attached hydrogens (tertiary/aromatic N) is 1. The van der Waals surface area contributed by atoms with E-state index >= 15 is 0 Å². The van der Waals surface area contributed by atoms with Crippen LogP contribution in [0.4, 0.5) is 10.5 Å². The van der Waals surface area contributed by atoms with Gasteiger partial charge in [0.25, 0.3) is 0 Å². The van der Waals surface area contributed by atoms with Crippen molar-refractivity contribution in [1.82, 2.24) is 4.98 Å². The Morgan fingerprint density at radius 3 is 2.62 bits per heavy atom. The van der Waals surface area contributed by atoms with Gasteiger partial charge in [0.15, 0.2) is 0 Å². The zero-order valence-corrected chi connectivity index (χ0v) is 16.2. The average molecular weight is 414 g/mol. The van der Waals surface area contributed by atoms with Crippen LogP contribution in [-0.4, -0.2) is 16.7 Å². The second kappa shape index (κ2) is 7.40. The fraction of sp³-hybridized carbons (Fsp3) is 0.294. The lowest BCUT2D eigenvalue weighted by atomic mass is 10.2. The molecule has 1 aromatic carbocycles. The lowest BCUT2D eigenvalue weighted by Crippen LogP contribution is -2.27. The molecule has 24 heavy (non-hydrogen) atoms. The third kappa shape index (κ3) is 5.39. The molecule has 1 aromatic heterocycles. The van der Waals surface area contributed by atoms with E-state index in [1.807, 2.05) is 13.0 Å². The van der Waals surface area contributed by atoms with E-state index < -0.39 is 11.7 Å². The number of aromatic nitrogens is 1. The Bertz CT molecular complexity index is 760. The lowest BCUT2D eigenvalue weighted by molar-refractivity contribution is 0.0636. The third-order valence-corrected chi connectivity index (χ3v) is 3.65. The van der Waals surface area contributed by atoms with Crippen molar-refractivity contribution in [3.8, 4) is 11.6 Å². The Morgan fingerprint density at radius 1 is 1.25 bits per heavy atom. The maximum Gasteiger partial charge on any atom is 0.412 e. The van der Waals surface area contributed by atoms with Crippen LogP contribution in [0.2, 0.25) is 5.15 Å². The normalized spacial score (nSPS) is 11.1. The minimum atomic E-state index is -0.568. The van der Waals surface area contributed by atoms with Crippen molar-refractivity contribution in [2.24, 2.45) is 0 Å². The first-order chi connectivity index (χ1) is 11.1.